The first kappa shape index (κ1) is 15.1. The van der Waals surface area contributed by atoms with Gasteiger partial charge in [-0.3, -0.25) is 0 Å². The first-order valence-electron chi connectivity index (χ1n) is 7.20. The van der Waals surface area contributed by atoms with Crippen LogP contribution in [0.2, 0.25) is 0 Å². The summed E-state index contributed by atoms with van der Waals surface area (Å²) >= 11 is 0. The predicted octanol–water partition coefficient (Wildman–Crippen LogP) is 2.68. The van der Waals surface area contributed by atoms with Crippen molar-refractivity contribution in [2.24, 2.45) is 0 Å². The third-order valence-electron chi connectivity index (χ3n) is 3.85. The molecule has 1 aliphatic rings. The van der Waals surface area contributed by atoms with E-state index in [0.29, 0.717) is 13.2 Å². The summed E-state index contributed by atoms with van der Waals surface area (Å²) in [5.74, 6) is 0.442. The predicted molar refractivity (Wildman–Crippen MR) is 81.3 cm³/mol. The van der Waals surface area contributed by atoms with Crippen molar-refractivity contribution >= 4 is 15.9 Å². The first-order valence-corrected chi connectivity index (χ1v) is 8.68. The summed E-state index contributed by atoms with van der Waals surface area (Å²) in [6.45, 7) is 3.22. The van der Waals surface area contributed by atoms with E-state index in [1.807, 2.05) is 6.92 Å². The number of ether oxygens (including phenoxy) is 1. The summed E-state index contributed by atoms with van der Waals surface area (Å²) in [6, 6.07) is 8.19. The minimum absolute atomic E-state index is 0.186. The molecular formula is C15H18N2O4S. The standard InChI is InChI=1S/C15H18N2O4S/c1-11-14(12-7-9-20-10-8-12)16-21-15(11)17-22(18,19)13-5-3-2-4-6-13/h2-6,12,17H,7-10H2,1H3. The summed E-state index contributed by atoms with van der Waals surface area (Å²) in [5.41, 5.74) is 1.56. The molecule has 7 heteroatoms. The van der Waals surface area contributed by atoms with Crippen LogP contribution in [-0.2, 0) is 14.8 Å². The van der Waals surface area contributed by atoms with Gasteiger partial charge in [0.05, 0.1) is 10.6 Å². The van der Waals surface area contributed by atoms with E-state index in [4.69, 9.17) is 9.26 Å². The molecule has 0 spiro atoms. The molecule has 0 amide bonds. The molecule has 1 saturated heterocycles. The zero-order valence-electron chi connectivity index (χ0n) is 12.3. The van der Waals surface area contributed by atoms with Crippen molar-refractivity contribution in [1.82, 2.24) is 5.16 Å². The molecule has 1 aromatic carbocycles. The number of hydrogen-bond acceptors (Lipinski definition) is 5. The van der Waals surface area contributed by atoms with Crippen molar-refractivity contribution in [3.63, 3.8) is 0 Å². The molecule has 0 radical (unpaired) electrons. The lowest BCUT2D eigenvalue weighted by Crippen LogP contribution is -2.15. The van der Waals surface area contributed by atoms with Crippen LogP contribution in [0.1, 0.15) is 30.0 Å². The minimum Gasteiger partial charge on any atom is -0.381 e. The Kier molecular flexibility index (Phi) is 4.17. The van der Waals surface area contributed by atoms with Crippen molar-refractivity contribution < 1.29 is 17.7 Å². The Labute approximate surface area is 129 Å². The van der Waals surface area contributed by atoms with Gasteiger partial charge in [-0.2, -0.15) is 0 Å². The molecule has 6 nitrogen and oxygen atoms in total. The van der Waals surface area contributed by atoms with Crippen LogP contribution in [0.5, 0.6) is 0 Å². The molecule has 0 atom stereocenters. The van der Waals surface area contributed by atoms with E-state index in [2.05, 4.69) is 9.88 Å². The molecule has 2 heterocycles. The Morgan fingerprint density at radius 2 is 1.86 bits per heavy atom. The highest BCUT2D eigenvalue weighted by Crippen LogP contribution is 2.32. The monoisotopic (exact) mass is 322 g/mol. The fourth-order valence-electron chi connectivity index (χ4n) is 2.58. The van der Waals surface area contributed by atoms with Crippen molar-refractivity contribution in [3.8, 4) is 0 Å². The van der Waals surface area contributed by atoms with Gasteiger partial charge in [0.25, 0.3) is 10.0 Å². The molecule has 2 aromatic rings. The highest BCUT2D eigenvalue weighted by Gasteiger charge is 2.25. The van der Waals surface area contributed by atoms with Crippen LogP contribution in [-0.4, -0.2) is 26.8 Å². The normalized spacial score (nSPS) is 16.6. The minimum atomic E-state index is -3.66. The molecule has 1 aromatic heterocycles. The lowest BCUT2D eigenvalue weighted by Gasteiger charge is -2.20. The molecule has 0 bridgehead atoms. The van der Waals surface area contributed by atoms with E-state index >= 15 is 0 Å². The van der Waals surface area contributed by atoms with Crippen molar-refractivity contribution in [1.29, 1.82) is 0 Å². The molecule has 1 aliphatic heterocycles. The summed E-state index contributed by atoms with van der Waals surface area (Å²) in [5, 5.41) is 4.06. The quantitative estimate of drug-likeness (QED) is 0.936. The maximum absolute atomic E-state index is 12.3. The number of rotatable bonds is 4. The van der Waals surface area contributed by atoms with Crippen LogP contribution in [0.15, 0.2) is 39.8 Å². The zero-order chi connectivity index (χ0) is 15.6. The van der Waals surface area contributed by atoms with E-state index in [1.54, 1.807) is 18.2 Å². The van der Waals surface area contributed by atoms with Gasteiger partial charge in [0.1, 0.15) is 0 Å². The molecule has 1 N–H and O–H groups in total. The average molecular weight is 322 g/mol. The van der Waals surface area contributed by atoms with Gasteiger partial charge in [0, 0.05) is 24.7 Å². The molecule has 118 valence electrons. The Bertz CT molecular complexity index is 734. The average Bonchev–Trinajstić information content (AvgIpc) is 2.89. The first-order chi connectivity index (χ1) is 10.6. The molecule has 1 fully saturated rings. The number of anilines is 1. The number of nitrogens with one attached hydrogen (secondary N) is 1. The summed E-state index contributed by atoms with van der Waals surface area (Å²) in [4.78, 5) is 0.193. The van der Waals surface area contributed by atoms with Gasteiger partial charge < -0.3 is 9.26 Å². The van der Waals surface area contributed by atoms with Crippen molar-refractivity contribution in [3.05, 3.63) is 41.6 Å². The van der Waals surface area contributed by atoms with E-state index in [-0.39, 0.29) is 16.7 Å². The molecular weight excluding hydrogens is 304 g/mol. The number of nitrogens with zero attached hydrogens (tertiary/aromatic N) is 1. The summed E-state index contributed by atoms with van der Waals surface area (Å²) in [6.07, 6.45) is 1.75. The second-order valence-corrected chi connectivity index (χ2v) is 7.01. The molecule has 0 aliphatic carbocycles. The Morgan fingerprint density at radius 1 is 1.18 bits per heavy atom. The lowest BCUT2D eigenvalue weighted by molar-refractivity contribution is 0.0837. The summed E-state index contributed by atoms with van der Waals surface area (Å²) in [7, 11) is -3.66. The van der Waals surface area contributed by atoms with E-state index < -0.39 is 10.0 Å². The van der Waals surface area contributed by atoms with Gasteiger partial charge in [0.2, 0.25) is 5.88 Å². The Hall–Kier alpha value is -1.86. The number of sulfonamides is 1. The van der Waals surface area contributed by atoms with Crippen LogP contribution >= 0.6 is 0 Å². The summed E-state index contributed by atoms with van der Waals surface area (Å²) < 4.78 is 37.7. The third-order valence-corrected chi connectivity index (χ3v) is 5.20. The van der Waals surface area contributed by atoms with Gasteiger partial charge in [0.15, 0.2) is 0 Å². The van der Waals surface area contributed by atoms with Gasteiger partial charge in [-0.25, -0.2) is 13.1 Å². The smallest absolute Gasteiger partial charge is 0.264 e. The molecule has 3 rings (SSSR count). The van der Waals surface area contributed by atoms with E-state index in [9.17, 15) is 8.42 Å². The Morgan fingerprint density at radius 3 is 2.55 bits per heavy atom. The number of benzene rings is 1. The second kappa shape index (κ2) is 6.10. The third kappa shape index (κ3) is 3.00. The lowest BCUT2D eigenvalue weighted by atomic mass is 9.94. The maximum Gasteiger partial charge on any atom is 0.264 e. The molecule has 22 heavy (non-hydrogen) atoms. The highest BCUT2D eigenvalue weighted by atomic mass is 32.2. The van der Waals surface area contributed by atoms with Crippen LogP contribution in [0, 0.1) is 6.92 Å². The number of hydrogen-bond donors (Lipinski definition) is 1. The number of aromatic nitrogens is 1. The van der Waals surface area contributed by atoms with Gasteiger partial charge in [-0.1, -0.05) is 23.4 Å². The Balaban J connectivity index is 1.83. The van der Waals surface area contributed by atoms with E-state index in [1.165, 1.54) is 12.1 Å². The van der Waals surface area contributed by atoms with Crippen molar-refractivity contribution in [2.45, 2.75) is 30.6 Å². The molecule has 0 unspecified atom stereocenters. The van der Waals surface area contributed by atoms with Gasteiger partial charge in [-0.15, -0.1) is 0 Å². The van der Waals surface area contributed by atoms with Crippen molar-refractivity contribution in [2.75, 3.05) is 17.9 Å². The van der Waals surface area contributed by atoms with Crippen LogP contribution in [0.25, 0.3) is 0 Å². The molecule has 0 saturated carbocycles. The largest absolute Gasteiger partial charge is 0.381 e. The zero-order valence-corrected chi connectivity index (χ0v) is 13.1. The van der Waals surface area contributed by atoms with Crippen LogP contribution in [0.3, 0.4) is 0 Å². The second-order valence-electron chi connectivity index (χ2n) is 5.33. The fraction of sp³-hybridized carbons (Fsp3) is 0.400. The topological polar surface area (TPSA) is 81.4 Å². The van der Waals surface area contributed by atoms with Gasteiger partial charge in [-0.05, 0) is 31.9 Å². The van der Waals surface area contributed by atoms with Gasteiger partial charge >= 0.3 is 0 Å². The van der Waals surface area contributed by atoms with Crippen LogP contribution < -0.4 is 4.72 Å². The highest BCUT2D eigenvalue weighted by molar-refractivity contribution is 7.92. The SMILES string of the molecule is Cc1c(C2CCOCC2)noc1NS(=O)(=O)c1ccccc1. The fourth-order valence-corrected chi connectivity index (χ4v) is 3.64. The maximum atomic E-state index is 12.3. The van der Waals surface area contributed by atoms with Crippen LogP contribution in [0.4, 0.5) is 5.88 Å². The van der Waals surface area contributed by atoms with E-state index in [0.717, 1.165) is 24.1 Å².